The third kappa shape index (κ3) is 1.97. The average Bonchev–Trinajstić information content (AvgIpc) is 1.88. The Morgan fingerprint density at radius 1 is 1.70 bits per heavy atom. The van der Waals surface area contributed by atoms with Crippen molar-refractivity contribution in [1.29, 1.82) is 0 Å². The summed E-state index contributed by atoms with van der Waals surface area (Å²) in [4.78, 5) is 4.53. The molecule has 2 heteroatoms. The lowest BCUT2D eigenvalue weighted by Gasteiger charge is -2.09. The summed E-state index contributed by atoms with van der Waals surface area (Å²) < 4.78 is 0. The lowest BCUT2D eigenvalue weighted by molar-refractivity contribution is 0.159. The van der Waals surface area contributed by atoms with E-state index in [1.165, 1.54) is 11.1 Å². The second-order valence-electron chi connectivity index (χ2n) is 2.60. The summed E-state index contributed by atoms with van der Waals surface area (Å²) in [5.74, 6) is 4.94. The topological polar surface area (TPSA) is 35.2 Å². The van der Waals surface area contributed by atoms with Gasteiger partial charge in [0, 0.05) is 0 Å². The lowest BCUT2D eigenvalue weighted by Crippen LogP contribution is -2.05. The van der Waals surface area contributed by atoms with Crippen molar-refractivity contribution in [1.82, 2.24) is 0 Å². The molecule has 1 rings (SSSR count). The van der Waals surface area contributed by atoms with Gasteiger partial charge in [-0.05, 0) is 25.3 Å². The largest absolute Gasteiger partial charge is 0.300 e. The zero-order valence-electron chi connectivity index (χ0n) is 6.26. The molecule has 2 N–H and O–H groups in total. The highest BCUT2D eigenvalue weighted by Gasteiger charge is 2.01. The van der Waals surface area contributed by atoms with Crippen LogP contribution in [0.3, 0.4) is 0 Å². The zero-order chi connectivity index (χ0) is 7.40. The fraction of sp³-hybridized carbons (Fsp3) is 0.500. The molecule has 0 unspecified atom stereocenters. The van der Waals surface area contributed by atoms with E-state index in [1.54, 1.807) is 0 Å². The molecule has 1 aliphatic rings. The standard InChI is InChI=1S/C8H13NO/c1-7-3-2-4-8(5-7)6-10-9/h3,5H,2,4,6,9H2,1H3. The van der Waals surface area contributed by atoms with Gasteiger partial charge in [-0.25, -0.2) is 5.90 Å². The Bertz CT molecular complexity index is 170. The van der Waals surface area contributed by atoms with Crippen LogP contribution in [0.15, 0.2) is 23.3 Å². The first kappa shape index (κ1) is 7.51. The van der Waals surface area contributed by atoms with E-state index in [-0.39, 0.29) is 0 Å². The van der Waals surface area contributed by atoms with Crippen molar-refractivity contribution in [2.45, 2.75) is 19.8 Å². The smallest absolute Gasteiger partial charge is 0.0893 e. The summed E-state index contributed by atoms with van der Waals surface area (Å²) in [6, 6.07) is 0. The van der Waals surface area contributed by atoms with Crippen LogP contribution in [-0.4, -0.2) is 6.61 Å². The third-order valence-electron chi connectivity index (χ3n) is 1.63. The molecule has 0 aliphatic heterocycles. The summed E-state index contributed by atoms with van der Waals surface area (Å²) >= 11 is 0. The number of hydrogen-bond acceptors (Lipinski definition) is 2. The molecule has 0 saturated carbocycles. The van der Waals surface area contributed by atoms with Crippen molar-refractivity contribution < 1.29 is 4.84 Å². The highest BCUT2D eigenvalue weighted by Crippen LogP contribution is 2.16. The highest BCUT2D eigenvalue weighted by atomic mass is 16.6. The first-order valence-corrected chi connectivity index (χ1v) is 3.51. The van der Waals surface area contributed by atoms with E-state index in [1.807, 2.05) is 0 Å². The van der Waals surface area contributed by atoms with Gasteiger partial charge in [0.1, 0.15) is 0 Å². The minimum atomic E-state index is 0.575. The summed E-state index contributed by atoms with van der Waals surface area (Å²) in [5.41, 5.74) is 2.61. The van der Waals surface area contributed by atoms with Crippen LogP contribution in [0.4, 0.5) is 0 Å². The van der Waals surface area contributed by atoms with Crippen LogP contribution >= 0.6 is 0 Å². The molecule has 1 aliphatic carbocycles. The van der Waals surface area contributed by atoms with Crippen LogP contribution in [-0.2, 0) is 4.84 Å². The molecule has 0 atom stereocenters. The quantitative estimate of drug-likeness (QED) is 0.589. The maximum absolute atomic E-state index is 4.94. The Balaban J connectivity index is 2.51. The molecule has 0 heterocycles. The van der Waals surface area contributed by atoms with Gasteiger partial charge in [0.15, 0.2) is 0 Å². The number of allylic oxidation sites excluding steroid dienone is 3. The Morgan fingerprint density at radius 3 is 3.10 bits per heavy atom. The molecular weight excluding hydrogens is 126 g/mol. The van der Waals surface area contributed by atoms with Crippen molar-refractivity contribution in [3.05, 3.63) is 23.3 Å². The van der Waals surface area contributed by atoms with E-state index in [0.29, 0.717) is 6.61 Å². The van der Waals surface area contributed by atoms with Crippen molar-refractivity contribution in [3.63, 3.8) is 0 Å². The normalized spacial score (nSPS) is 18.2. The van der Waals surface area contributed by atoms with Crippen LogP contribution in [0.25, 0.3) is 0 Å². The van der Waals surface area contributed by atoms with E-state index in [4.69, 9.17) is 5.90 Å². The lowest BCUT2D eigenvalue weighted by atomic mass is 10.0. The minimum absolute atomic E-state index is 0.575. The molecule has 0 aromatic carbocycles. The van der Waals surface area contributed by atoms with E-state index in [2.05, 4.69) is 23.9 Å². The fourth-order valence-corrected chi connectivity index (χ4v) is 1.16. The van der Waals surface area contributed by atoms with Gasteiger partial charge in [0.25, 0.3) is 0 Å². The van der Waals surface area contributed by atoms with Gasteiger partial charge in [-0.1, -0.05) is 17.7 Å². The van der Waals surface area contributed by atoms with E-state index in [0.717, 1.165) is 12.8 Å². The number of rotatable bonds is 2. The van der Waals surface area contributed by atoms with Crippen molar-refractivity contribution in [3.8, 4) is 0 Å². The zero-order valence-corrected chi connectivity index (χ0v) is 6.26. The fourth-order valence-electron chi connectivity index (χ4n) is 1.16. The number of nitrogens with two attached hydrogens (primary N) is 1. The minimum Gasteiger partial charge on any atom is -0.300 e. The monoisotopic (exact) mass is 139 g/mol. The van der Waals surface area contributed by atoms with Gasteiger partial charge >= 0.3 is 0 Å². The molecular formula is C8H13NO. The van der Waals surface area contributed by atoms with Gasteiger partial charge in [-0.15, -0.1) is 0 Å². The molecule has 0 saturated heterocycles. The average molecular weight is 139 g/mol. The maximum Gasteiger partial charge on any atom is 0.0893 e. The van der Waals surface area contributed by atoms with E-state index in [9.17, 15) is 0 Å². The molecule has 0 aromatic rings. The second kappa shape index (κ2) is 3.54. The molecule has 0 spiro atoms. The first-order valence-electron chi connectivity index (χ1n) is 3.51. The van der Waals surface area contributed by atoms with Gasteiger partial charge < -0.3 is 4.84 Å². The highest BCUT2D eigenvalue weighted by molar-refractivity contribution is 5.26. The number of hydrogen-bond donors (Lipinski definition) is 1. The maximum atomic E-state index is 4.94. The van der Waals surface area contributed by atoms with Crippen LogP contribution < -0.4 is 5.90 Å². The van der Waals surface area contributed by atoms with Gasteiger partial charge in [0.05, 0.1) is 6.61 Å². The molecule has 0 fully saturated rings. The Labute approximate surface area is 61.3 Å². The molecule has 2 nitrogen and oxygen atoms in total. The van der Waals surface area contributed by atoms with Crippen LogP contribution in [0, 0.1) is 0 Å². The summed E-state index contributed by atoms with van der Waals surface area (Å²) in [6.07, 6.45) is 6.58. The van der Waals surface area contributed by atoms with E-state index >= 15 is 0 Å². The SMILES string of the molecule is CC1=CCCC(CON)=C1. The molecule has 0 amide bonds. The Hall–Kier alpha value is -0.600. The Morgan fingerprint density at radius 2 is 2.50 bits per heavy atom. The molecule has 56 valence electrons. The molecule has 0 radical (unpaired) electrons. The first-order chi connectivity index (χ1) is 4.83. The van der Waals surface area contributed by atoms with Crippen LogP contribution in [0.2, 0.25) is 0 Å². The molecule has 0 aromatic heterocycles. The summed E-state index contributed by atoms with van der Waals surface area (Å²) in [5, 5.41) is 0. The van der Waals surface area contributed by atoms with Gasteiger partial charge in [-0.2, -0.15) is 0 Å². The molecule has 0 bridgehead atoms. The van der Waals surface area contributed by atoms with Crippen molar-refractivity contribution >= 4 is 0 Å². The molecule has 10 heavy (non-hydrogen) atoms. The second-order valence-corrected chi connectivity index (χ2v) is 2.60. The van der Waals surface area contributed by atoms with Crippen LogP contribution in [0.5, 0.6) is 0 Å². The van der Waals surface area contributed by atoms with Crippen molar-refractivity contribution in [2.24, 2.45) is 5.90 Å². The van der Waals surface area contributed by atoms with E-state index < -0.39 is 0 Å². The summed E-state index contributed by atoms with van der Waals surface area (Å²) in [6.45, 7) is 2.67. The van der Waals surface area contributed by atoms with Gasteiger partial charge in [-0.3, -0.25) is 0 Å². The predicted molar refractivity (Wildman–Crippen MR) is 41.2 cm³/mol. The van der Waals surface area contributed by atoms with Gasteiger partial charge in [0.2, 0.25) is 0 Å². The summed E-state index contributed by atoms with van der Waals surface area (Å²) in [7, 11) is 0. The Kier molecular flexibility index (Phi) is 2.66. The predicted octanol–water partition coefficient (Wildman–Crippen LogP) is 1.54. The third-order valence-corrected chi connectivity index (χ3v) is 1.63. The van der Waals surface area contributed by atoms with Crippen LogP contribution in [0.1, 0.15) is 19.8 Å². The van der Waals surface area contributed by atoms with Crippen molar-refractivity contribution in [2.75, 3.05) is 6.61 Å².